The van der Waals surface area contributed by atoms with Crippen molar-refractivity contribution in [3.63, 3.8) is 0 Å². The van der Waals surface area contributed by atoms with E-state index < -0.39 is 0 Å². The van der Waals surface area contributed by atoms with Crippen LogP contribution in [0.4, 0.5) is 5.69 Å². The van der Waals surface area contributed by atoms with Gasteiger partial charge in [-0.05, 0) is 44.4 Å². The molecule has 0 aliphatic carbocycles. The van der Waals surface area contributed by atoms with Crippen molar-refractivity contribution in [2.45, 2.75) is 39.8 Å². The standard InChI is InChI=1S/C21H32N6/c1-4-22-21(23-14-18(3)15-27-12-5-11-24-27)25-19-10-13-26(16-19)20-8-6-17(2)7-9-20/h5-9,11-12,18-19H,4,10,13-16H2,1-3H3,(H2,22,23,25). The summed E-state index contributed by atoms with van der Waals surface area (Å²) in [6.45, 7) is 11.1. The molecule has 1 aromatic carbocycles. The maximum absolute atomic E-state index is 4.80. The van der Waals surface area contributed by atoms with Gasteiger partial charge in [-0.1, -0.05) is 24.6 Å². The lowest BCUT2D eigenvalue weighted by molar-refractivity contribution is 0.457. The predicted molar refractivity (Wildman–Crippen MR) is 112 cm³/mol. The van der Waals surface area contributed by atoms with E-state index in [4.69, 9.17) is 4.99 Å². The number of nitrogens with zero attached hydrogens (tertiary/aromatic N) is 4. The van der Waals surface area contributed by atoms with Gasteiger partial charge >= 0.3 is 0 Å². The van der Waals surface area contributed by atoms with Crippen molar-refractivity contribution in [2.24, 2.45) is 10.9 Å². The van der Waals surface area contributed by atoms with Gasteiger partial charge in [-0.2, -0.15) is 5.10 Å². The van der Waals surface area contributed by atoms with E-state index in [1.54, 1.807) is 0 Å². The first-order valence-corrected chi connectivity index (χ1v) is 9.98. The minimum absolute atomic E-state index is 0.422. The molecule has 2 aromatic rings. The first-order chi connectivity index (χ1) is 13.1. The molecule has 2 atom stereocenters. The second-order valence-corrected chi connectivity index (χ2v) is 7.46. The summed E-state index contributed by atoms with van der Waals surface area (Å²) in [6.07, 6.45) is 4.95. The third-order valence-electron chi connectivity index (χ3n) is 4.89. The zero-order chi connectivity index (χ0) is 19.1. The van der Waals surface area contributed by atoms with Gasteiger partial charge in [0.1, 0.15) is 0 Å². The number of hydrogen-bond acceptors (Lipinski definition) is 3. The van der Waals surface area contributed by atoms with Crippen LogP contribution in [0.3, 0.4) is 0 Å². The average Bonchev–Trinajstić information content (AvgIpc) is 3.33. The quantitative estimate of drug-likeness (QED) is 0.583. The molecular weight excluding hydrogens is 336 g/mol. The summed E-state index contributed by atoms with van der Waals surface area (Å²) in [4.78, 5) is 7.25. The topological polar surface area (TPSA) is 57.5 Å². The van der Waals surface area contributed by atoms with Crippen LogP contribution in [0.5, 0.6) is 0 Å². The average molecular weight is 369 g/mol. The zero-order valence-electron chi connectivity index (χ0n) is 16.7. The van der Waals surface area contributed by atoms with Gasteiger partial charge in [0.05, 0.1) is 0 Å². The number of hydrogen-bond donors (Lipinski definition) is 2. The van der Waals surface area contributed by atoms with Crippen LogP contribution in [0.2, 0.25) is 0 Å². The van der Waals surface area contributed by atoms with Crippen molar-refractivity contribution in [2.75, 3.05) is 31.1 Å². The number of nitrogens with one attached hydrogen (secondary N) is 2. The van der Waals surface area contributed by atoms with E-state index in [1.165, 1.54) is 11.3 Å². The Hall–Kier alpha value is -2.50. The van der Waals surface area contributed by atoms with Crippen LogP contribution < -0.4 is 15.5 Å². The fraction of sp³-hybridized carbons (Fsp3) is 0.524. The lowest BCUT2D eigenvalue weighted by Gasteiger charge is -2.21. The summed E-state index contributed by atoms with van der Waals surface area (Å²) in [6, 6.07) is 11.2. The lowest BCUT2D eigenvalue weighted by atomic mass is 10.2. The number of aromatic nitrogens is 2. The van der Waals surface area contributed by atoms with E-state index in [-0.39, 0.29) is 0 Å². The molecule has 0 bridgehead atoms. The second kappa shape index (κ2) is 9.44. The van der Waals surface area contributed by atoms with Gasteiger partial charge in [-0.25, -0.2) is 0 Å². The van der Waals surface area contributed by atoms with Crippen molar-refractivity contribution >= 4 is 11.6 Å². The maximum atomic E-state index is 4.80. The molecule has 1 aliphatic rings. The third-order valence-corrected chi connectivity index (χ3v) is 4.89. The van der Waals surface area contributed by atoms with Crippen LogP contribution in [0.15, 0.2) is 47.7 Å². The summed E-state index contributed by atoms with van der Waals surface area (Å²) in [5.74, 6) is 1.36. The maximum Gasteiger partial charge on any atom is 0.191 e. The summed E-state index contributed by atoms with van der Waals surface area (Å²) < 4.78 is 1.97. The molecule has 0 radical (unpaired) electrons. The van der Waals surface area contributed by atoms with E-state index in [0.717, 1.165) is 45.1 Å². The van der Waals surface area contributed by atoms with Crippen LogP contribution in [0, 0.1) is 12.8 Å². The van der Waals surface area contributed by atoms with Gasteiger partial charge in [0.25, 0.3) is 0 Å². The zero-order valence-corrected chi connectivity index (χ0v) is 16.7. The number of anilines is 1. The molecular formula is C21H32N6. The van der Waals surface area contributed by atoms with E-state index >= 15 is 0 Å². The lowest BCUT2D eigenvalue weighted by Crippen LogP contribution is -2.44. The highest BCUT2D eigenvalue weighted by Gasteiger charge is 2.23. The summed E-state index contributed by atoms with van der Waals surface area (Å²) in [5, 5.41) is 11.3. The number of rotatable bonds is 7. The Morgan fingerprint density at radius 2 is 2.15 bits per heavy atom. The van der Waals surface area contributed by atoms with E-state index in [9.17, 15) is 0 Å². The predicted octanol–water partition coefficient (Wildman–Crippen LogP) is 2.66. The van der Waals surface area contributed by atoms with Crippen molar-refractivity contribution in [1.82, 2.24) is 20.4 Å². The summed E-state index contributed by atoms with van der Waals surface area (Å²) in [5.41, 5.74) is 2.61. The van der Waals surface area contributed by atoms with Crippen LogP contribution in [-0.4, -0.2) is 48.0 Å². The van der Waals surface area contributed by atoms with Gasteiger partial charge in [0.15, 0.2) is 5.96 Å². The van der Waals surface area contributed by atoms with E-state index in [1.807, 2.05) is 23.1 Å². The molecule has 3 rings (SSSR count). The molecule has 27 heavy (non-hydrogen) atoms. The Kier molecular flexibility index (Phi) is 6.74. The molecule has 1 aromatic heterocycles. The van der Waals surface area contributed by atoms with Gasteiger partial charge in [-0.3, -0.25) is 9.67 Å². The summed E-state index contributed by atoms with van der Waals surface area (Å²) in [7, 11) is 0. The molecule has 2 unspecified atom stereocenters. The van der Waals surface area contributed by atoms with E-state index in [2.05, 4.69) is 65.7 Å². The fourth-order valence-electron chi connectivity index (χ4n) is 3.41. The normalized spacial score (nSPS) is 18.6. The minimum Gasteiger partial charge on any atom is -0.369 e. The highest BCUT2D eigenvalue weighted by molar-refractivity contribution is 5.80. The van der Waals surface area contributed by atoms with Gasteiger partial charge in [0.2, 0.25) is 0 Å². The monoisotopic (exact) mass is 368 g/mol. The van der Waals surface area contributed by atoms with Crippen molar-refractivity contribution in [3.8, 4) is 0 Å². The molecule has 146 valence electrons. The Morgan fingerprint density at radius 1 is 1.33 bits per heavy atom. The molecule has 1 aliphatic heterocycles. The molecule has 6 heteroatoms. The smallest absolute Gasteiger partial charge is 0.191 e. The molecule has 0 saturated carbocycles. The Morgan fingerprint density at radius 3 is 2.85 bits per heavy atom. The van der Waals surface area contributed by atoms with Crippen LogP contribution in [0.1, 0.15) is 25.8 Å². The Labute approximate surface area is 162 Å². The second-order valence-electron chi connectivity index (χ2n) is 7.46. The number of aliphatic imine (C=N–C) groups is 1. The number of aryl methyl sites for hydroxylation is 1. The van der Waals surface area contributed by atoms with E-state index in [0.29, 0.717) is 12.0 Å². The Bertz CT molecular complexity index is 707. The molecule has 2 N–H and O–H groups in total. The van der Waals surface area contributed by atoms with Crippen molar-refractivity contribution < 1.29 is 0 Å². The highest BCUT2D eigenvalue weighted by atomic mass is 15.3. The third kappa shape index (κ3) is 5.74. The molecule has 2 heterocycles. The highest BCUT2D eigenvalue weighted by Crippen LogP contribution is 2.20. The van der Waals surface area contributed by atoms with Crippen LogP contribution >= 0.6 is 0 Å². The molecule has 1 fully saturated rings. The molecule has 6 nitrogen and oxygen atoms in total. The fourth-order valence-corrected chi connectivity index (χ4v) is 3.41. The minimum atomic E-state index is 0.422. The summed E-state index contributed by atoms with van der Waals surface area (Å²) >= 11 is 0. The van der Waals surface area contributed by atoms with Gasteiger partial charge in [-0.15, -0.1) is 0 Å². The van der Waals surface area contributed by atoms with Crippen LogP contribution in [-0.2, 0) is 6.54 Å². The number of guanidine groups is 1. The largest absolute Gasteiger partial charge is 0.369 e. The van der Waals surface area contributed by atoms with Gasteiger partial charge in [0, 0.05) is 56.8 Å². The molecule has 1 saturated heterocycles. The van der Waals surface area contributed by atoms with Crippen molar-refractivity contribution in [1.29, 1.82) is 0 Å². The SMILES string of the molecule is CCNC(=NCC(C)Cn1cccn1)NC1CCN(c2ccc(C)cc2)C1. The number of benzene rings is 1. The van der Waals surface area contributed by atoms with Crippen molar-refractivity contribution in [3.05, 3.63) is 48.3 Å². The van der Waals surface area contributed by atoms with Gasteiger partial charge < -0.3 is 15.5 Å². The van der Waals surface area contributed by atoms with Crippen LogP contribution in [0.25, 0.3) is 0 Å². The first kappa shape index (κ1) is 19.3. The molecule has 0 amide bonds. The molecule has 0 spiro atoms. The first-order valence-electron chi connectivity index (χ1n) is 9.98. The Balaban J connectivity index is 1.52.